The van der Waals surface area contributed by atoms with E-state index in [2.05, 4.69) is 0 Å². The first-order valence-electron chi connectivity index (χ1n) is 6.51. The Labute approximate surface area is 107 Å². The smallest absolute Gasteiger partial charge is 0.161 e. The van der Waals surface area contributed by atoms with Crippen molar-refractivity contribution in [1.82, 2.24) is 0 Å². The molecule has 0 bridgehead atoms. The van der Waals surface area contributed by atoms with E-state index >= 15 is 0 Å². The van der Waals surface area contributed by atoms with Crippen molar-refractivity contribution in [3.63, 3.8) is 0 Å². The second kappa shape index (κ2) is 4.44. The molecule has 98 valence electrons. The first-order valence-corrected chi connectivity index (χ1v) is 6.51. The first-order chi connectivity index (χ1) is 8.75. The van der Waals surface area contributed by atoms with Crippen molar-refractivity contribution in [2.24, 2.45) is 11.1 Å². The van der Waals surface area contributed by atoms with Crippen LogP contribution in [-0.4, -0.2) is 24.9 Å². The van der Waals surface area contributed by atoms with Crippen molar-refractivity contribution in [1.29, 1.82) is 0 Å². The van der Waals surface area contributed by atoms with Crippen molar-refractivity contribution >= 4 is 0 Å². The molecule has 0 amide bonds. The fourth-order valence-electron chi connectivity index (χ4n) is 2.45. The summed E-state index contributed by atoms with van der Waals surface area (Å²) in [6, 6.07) is 5.73. The summed E-state index contributed by atoms with van der Waals surface area (Å²) >= 11 is 0. The van der Waals surface area contributed by atoms with E-state index in [1.807, 2.05) is 18.2 Å². The molecule has 4 heteroatoms. The van der Waals surface area contributed by atoms with Crippen LogP contribution in [0.5, 0.6) is 11.5 Å². The van der Waals surface area contributed by atoms with E-state index in [0.717, 1.165) is 36.3 Å². The van der Waals surface area contributed by atoms with Gasteiger partial charge in [0.25, 0.3) is 0 Å². The number of hydrogen-bond donors (Lipinski definition) is 2. The Hall–Kier alpha value is -1.26. The lowest BCUT2D eigenvalue weighted by atomic mass is 9.91. The van der Waals surface area contributed by atoms with Gasteiger partial charge in [0.1, 0.15) is 0 Å². The van der Waals surface area contributed by atoms with Gasteiger partial charge in [0, 0.05) is 17.9 Å². The van der Waals surface area contributed by atoms with Gasteiger partial charge in [-0.3, -0.25) is 0 Å². The van der Waals surface area contributed by atoms with Gasteiger partial charge in [-0.25, -0.2) is 0 Å². The highest BCUT2D eigenvalue weighted by molar-refractivity contribution is 5.45. The van der Waals surface area contributed by atoms with Crippen LogP contribution in [0.25, 0.3) is 0 Å². The molecular formula is C14H19NO3. The van der Waals surface area contributed by atoms with E-state index in [1.165, 1.54) is 0 Å². The highest BCUT2D eigenvalue weighted by Gasteiger charge is 2.48. The average molecular weight is 249 g/mol. The third-order valence-corrected chi connectivity index (χ3v) is 4.00. The van der Waals surface area contributed by atoms with E-state index in [4.69, 9.17) is 15.2 Å². The third-order valence-electron chi connectivity index (χ3n) is 4.00. The number of hydrogen-bond acceptors (Lipinski definition) is 4. The van der Waals surface area contributed by atoms with Crippen molar-refractivity contribution in [2.45, 2.75) is 25.3 Å². The number of aliphatic hydroxyl groups is 1. The normalized spacial score (nSPS) is 22.1. The molecule has 1 atom stereocenters. The Morgan fingerprint density at radius 2 is 1.94 bits per heavy atom. The molecule has 4 nitrogen and oxygen atoms in total. The van der Waals surface area contributed by atoms with E-state index in [1.54, 1.807) is 0 Å². The van der Waals surface area contributed by atoms with E-state index in [0.29, 0.717) is 13.2 Å². The van der Waals surface area contributed by atoms with Crippen molar-refractivity contribution in [3.8, 4) is 11.5 Å². The van der Waals surface area contributed by atoms with Gasteiger partial charge in [0.15, 0.2) is 11.5 Å². The summed E-state index contributed by atoms with van der Waals surface area (Å²) in [5.74, 6) is 1.56. The fraction of sp³-hybridized carbons (Fsp3) is 0.571. The lowest BCUT2D eigenvalue weighted by molar-refractivity contribution is 0.187. The topological polar surface area (TPSA) is 64.7 Å². The van der Waals surface area contributed by atoms with Crippen LogP contribution < -0.4 is 15.2 Å². The minimum absolute atomic E-state index is 0.111. The molecule has 3 rings (SSSR count). The Bertz CT molecular complexity index is 443. The molecular weight excluding hydrogens is 230 g/mol. The predicted molar refractivity (Wildman–Crippen MR) is 67.7 cm³/mol. The lowest BCUT2D eigenvalue weighted by Gasteiger charge is -2.22. The summed E-state index contributed by atoms with van der Waals surface area (Å²) in [5.41, 5.74) is 7.17. The largest absolute Gasteiger partial charge is 0.490 e. The maximum absolute atomic E-state index is 9.44. The molecule has 18 heavy (non-hydrogen) atoms. The quantitative estimate of drug-likeness (QED) is 0.854. The number of rotatable bonds is 3. The summed E-state index contributed by atoms with van der Waals surface area (Å²) in [7, 11) is 0. The van der Waals surface area contributed by atoms with Crippen LogP contribution >= 0.6 is 0 Å². The summed E-state index contributed by atoms with van der Waals surface area (Å²) in [5, 5.41) is 9.44. The van der Waals surface area contributed by atoms with Crippen molar-refractivity contribution in [2.75, 3.05) is 19.8 Å². The third kappa shape index (κ3) is 1.95. The number of fused-ring (bicyclic) bond motifs is 1. The molecule has 3 N–H and O–H groups in total. The van der Waals surface area contributed by atoms with Gasteiger partial charge in [-0.1, -0.05) is 6.07 Å². The van der Waals surface area contributed by atoms with Gasteiger partial charge in [0.05, 0.1) is 19.8 Å². The summed E-state index contributed by atoms with van der Waals surface area (Å²) < 4.78 is 11.3. The van der Waals surface area contributed by atoms with Gasteiger partial charge in [-0.15, -0.1) is 0 Å². The Morgan fingerprint density at radius 3 is 2.61 bits per heavy atom. The lowest BCUT2D eigenvalue weighted by Crippen LogP contribution is -2.25. The standard InChI is InChI=1S/C14H19NO3/c15-13(14(9-16)4-5-14)10-2-3-11-12(8-10)18-7-1-6-17-11/h2-3,8,13,16H,1,4-7,9,15H2. The SMILES string of the molecule is NC(c1ccc2c(c1)OCCCO2)C1(CO)CC1. The summed E-state index contributed by atoms with van der Waals surface area (Å²) in [4.78, 5) is 0. The zero-order valence-electron chi connectivity index (χ0n) is 10.4. The van der Waals surface area contributed by atoms with E-state index < -0.39 is 0 Å². The van der Waals surface area contributed by atoms with Crippen LogP contribution in [0.4, 0.5) is 0 Å². The summed E-state index contributed by atoms with van der Waals surface area (Å²) in [6.45, 7) is 1.53. The maximum atomic E-state index is 9.44. The Balaban J connectivity index is 1.87. The molecule has 1 aliphatic heterocycles. The molecule has 1 fully saturated rings. The van der Waals surface area contributed by atoms with Crippen molar-refractivity contribution in [3.05, 3.63) is 23.8 Å². The average Bonchev–Trinajstić information content (AvgIpc) is 3.21. The molecule has 0 radical (unpaired) electrons. The Morgan fingerprint density at radius 1 is 1.22 bits per heavy atom. The monoisotopic (exact) mass is 249 g/mol. The van der Waals surface area contributed by atoms with Crippen LogP contribution in [0.1, 0.15) is 30.9 Å². The zero-order valence-corrected chi connectivity index (χ0v) is 10.4. The van der Waals surface area contributed by atoms with Crippen LogP contribution in [-0.2, 0) is 0 Å². The minimum Gasteiger partial charge on any atom is -0.490 e. The molecule has 2 aliphatic rings. The summed E-state index contributed by atoms with van der Waals surface area (Å²) in [6.07, 6.45) is 2.90. The van der Waals surface area contributed by atoms with Crippen LogP contribution in [0.3, 0.4) is 0 Å². The molecule has 1 aliphatic carbocycles. The predicted octanol–water partition coefficient (Wildman–Crippen LogP) is 1.62. The molecule has 0 spiro atoms. The minimum atomic E-state index is -0.125. The van der Waals surface area contributed by atoms with Crippen LogP contribution in [0.15, 0.2) is 18.2 Å². The van der Waals surface area contributed by atoms with Gasteiger partial charge < -0.3 is 20.3 Å². The van der Waals surface area contributed by atoms with E-state index in [9.17, 15) is 5.11 Å². The maximum Gasteiger partial charge on any atom is 0.161 e. The fourth-order valence-corrected chi connectivity index (χ4v) is 2.45. The second-order valence-corrected chi connectivity index (χ2v) is 5.25. The second-order valence-electron chi connectivity index (χ2n) is 5.25. The van der Waals surface area contributed by atoms with Gasteiger partial charge >= 0.3 is 0 Å². The van der Waals surface area contributed by atoms with Gasteiger partial charge in [-0.2, -0.15) is 0 Å². The molecule has 1 heterocycles. The van der Waals surface area contributed by atoms with Crippen molar-refractivity contribution < 1.29 is 14.6 Å². The van der Waals surface area contributed by atoms with Crippen LogP contribution in [0.2, 0.25) is 0 Å². The van der Waals surface area contributed by atoms with Gasteiger partial charge in [-0.05, 0) is 30.5 Å². The first kappa shape index (κ1) is 11.8. The number of benzene rings is 1. The number of nitrogens with two attached hydrogens (primary N) is 1. The number of aliphatic hydroxyl groups excluding tert-OH is 1. The highest BCUT2D eigenvalue weighted by Crippen LogP contribution is 2.53. The van der Waals surface area contributed by atoms with E-state index in [-0.39, 0.29) is 18.1 Å². The molecule has 1 saturated carbocycles. The zero-order chi connectivity index (χ0) is 12.6. The molecule has 0 saturated heterocycles. The molecule has 0 aromatic heterocycles. The number of ether oxygens (including phenoxy) is 2. The van der Waals surface area contributed by atoms with Gasteiger partial charge in [0.2, 0.25) is 0 Å². The highest BCUT2D eigenvalue weighted by atomic mass is 16.5. The Kier molecular flexibility index (Phi) is 2.92. The molecule has 1 aromatic carbocycles. The molecule has 1 unspecified atom stereocenters. The van der Waals surface area contributed by atoms with Crippen LogP contribution in [0, 0.1) is 5.41 Å². The molecule has 1 aromatic rings.